The lowest BCUT2D eigenvalue weighted by atomic mass is 9.85. The topological polar surface area (TPSA) is 99.0 Å². The quantitative estimate of drug-likeness (QED) is 0.653. The van der Waals surface area contributed by atoms with Crippen LogP contribution in [-0.4, -0.2) is 22.4 Å². The van der Waals surface area contributed by atoms with E-state index >= 15 is 0 Å². The van der Waals surface area contributed by atoms with Crippen LogP contribution in [0.25, 0.3) is 18.0 Å². The molecule has 2 aromatic rings. The third-order valence-electron chi connectivity index (χ3n) is 6.47. The van der Waals surface area contributed by atoms with Crippen molar-refractivity contribution < 1.29 is 24.1 Å². The van der Waals surface area contributed by atoms with Gasteiger partial charge in [-0.3, -0.25) is 9.59 Å². The fourth-order valence-electron chi connectivity index (χ4n) is 4.74. The number of allylic oxidation sites excluding steroid dienone is 1. The third kappa shape index (κ3) is 2.58. The number of cyclic esters (lactones) is 1. The first-order valence-corrected chi connectivity index (χ1v) is 10.2. The zero-order valence-electron chi connectivity index (χ0n) is 16.9. The lowest BCUT2D eigenvalue weighted by molar-refractivity contribution is -0.149. The number of carbonyl (C=O) groups excluding carboxylic acids is 1. The Morgan fingerprint density at radius 3 is 2.90 bits per heavy atom. The van der Waals surface area contributed by atoms with E-state index in [0.29, 0.717) is 29.8 Å². The molecule has 0 fully saturated rings. The van der Waals surface area contributed by atoms with Crippen LogP contribution in [0.4, 0.5) is 5.69 Å². The van der Waals surface area contributed by atoms with Crippen LogP contribution in [0.1, 0.15) is 36.6 Å². The van der Waals surface area contributed by atoms with Crippen LogP contribution >= 0.6 is 0 Å². The molecule has 0 saturated carbocycles. The number of carbonyl (C=O) groups is 1. The first-order valence-electron chi connectivity index (χ1n) is 10.2. The van der Waals surface area contributed by atoms with Crippen LogP contribution in [-0.2, 0) is 33.0 Å². The monoisotopic (exact) mass is 420 g/mol. The van der Waals surface area contributed by atoms with Crippen LogP contribution in [0.3, 0.4) is 0 Å². The van der Waals surface area contributed by atoms with Gasteiger partial charge in [0.05, 0.1) is 41.4 Å². The van der Waals surface area contributed by atoms with Gasteiger partial charge in [-0.2, -0.15) is 0 Å². The van der Waals surface area contributed by atoms with E-state index in [-0.39, 0.29) is 25.4 Å². The summed E-state index contributed by atoms with van der Waals surface area (Å²) in [7, 11) is 0. The normalized spacial score (nSPS) is 22.6. The van der Waals surface area contributed by atoms with Crippen molar-refractivity contribution in [1.29, 1.82) is 0 Å². The Kier molecular flexibility index (Phi) is 3.68. The van der Waals surface area contributed by atoms with E-state index in [1.54, 1.807) is 17.8 Å². The standard InChI is InChI=1S/C23H20N2O6/c1-2-23(28)7-20(26)30-10-15-16(23)6-18-21-13(8-25(18)22(15)27)3-12-5-19-14(4-17(12)24-21)9-29-11-31-19/h3-6,9,24,28H,2,7-8,10-11H2,1H3. The molecule has 5 heterocycles. The third-order valence-corrected chi connectivity index (χ3v) is 6.47. The molecule has 31 heavy (non-hydrogen) atoms. The predicted molar refractivity (Wildman–Crippen MR) is 111 cm³/mol. The Morgan fingerprint density at radius 1 is 1.19 bits per heavy atom. The maximum atomic E-state index is 13.3. The highest BCUT2D eigenvalue weighted by Crippen LogP contribution is 2.38. The van der Waals surface area contributed by atoms with Gasteiger partial charge >= 0.3 is 5.97 Å². The molecule has 8 nitrogen and oxygen atoms in total. The van der Waals surface area contributed by atoms with Crippen LogP contribution in [0.15, 0.2) is 28.6 Å². The molecule has 1 aromatic carbocycles. The van der Waals surface area contributed by atoms with Crippen molar-refractivity contribution in [2.45, 2.75) is 38.5 Å². The number of esters is 1. The highest BCUT2D eigenvalue weighted by atomic mass is 16.7. The van der Waals surface area contributed by atoms with E-state index in [1.807, 2.05) is 24.3 Å². The van der Waals surface area contributed by atoms with Crippen LogP contribution < -0.4 is 26.1 Å². The highest BCUT2D eigenvalue weighted by molar-refractivity contribution is 5.89. The van der Waals surface area contributed by atoms with Crippen molar-refractivity contribution in [3.05, 3.63) is 61.4 Å². The molecule has 2 N–H and O–H groups in total. The summed E-state index contributed by atoms with van der Waals surface area (Å²) >= 11 is 0. The number of hydrogen-bond donors (Lipinski definition) is 2. The molecule has 1 unspecified atom stereocenters. The molecule has 8 heteroatoms. The second-order valence-electron chi connectivity index (χ2n) is 8.23. The number of aliphatic hydroxyl groups is 1. The van der Waals surface area contributed by atoms with Crippen molar-refractivity contribution in [2.75, 3.05) is 12.1 Å². The molecule has 0 saturated heterocycles. The fourth-order valence-corrected chi connectivity index (χ4v) is 4.74. The highest BCUT2D eigenvalue weighted by Gasteiger charge is 2.39. The van der Waals surface area contributed by atoms with Crippen LogP contribution in [0, 0.1) is 0 Å². The molecule has 158 valence electrons. The first-order chi connectivity index (χ1) is 15.0. The maximum absolute atomic E-state index is 13.3. The number of benzene rings is 1. The summed E-state index contributed by atoms with van der Waals surface area (Å²) in [5, 5.41) is 16.4. The fraction of sp³-hybridized carbons (Fsp3) is 0.304. The van der Waals surface area contributed by atoms with E-state index < -0.39 is 11.6 Å². The van der Waals surface area contributed by atoms with Crippen LogP contribution in [0.2, 0.25) is 0 Å². The summed E-state index contributed by atoms with van der Waals surface area (Å²) in [6, 6.07) is 5.73. The number of anilines is 1. The molecule has 1 aromatic heterocycles. The Morgan fingerprint density at radius 2 is 2.06 bits per heavy atom. The maximum Gasteiger partial charge on any atom is 0.309 e. The summed E-state index contributed by atoms with van der Waals surface area (Å²) in [5.41, 5.74) is 2.50. The SMILES string of the molecule is CCC1(O)CC(=O)OCc2c1cc1n(c2=O)CC2=C1Nc1cc3c(cc1=C2)OCOC=3. The molecule has 6 rings (SSSR count). The first kappa shape index (κ1) is 18.3. The summed E-state index contributed by atoms with van der Waals surface area (Å²) < 4.78 is 17.7. The minimum atomic E-state index is -1.43. The number of aromatic nitrogens is 1. The second kappa shape index (κ2) is 6.24. The van der Waals surface area contributed by atoms with Crippen LogP contribution in [0.5, 0.6) is 5.75 Å². The van der Waals surface area contributed by atoms with Gasteiger partial charge in [-0.15, -0.1) is 0 Å². The van der Waals surface area contributed by atoms with Gasteiger partial charge in [0.25, 0.3) is 5.56 Å². The van der Waals surface area contributed by atoms with Crippen molar-refractivity contribution in [3.8, 4) is 5.75 Å². The molecule has 0 spiro atoms. The van der Waals surface area contributed by atoms with Crippen molar-refractivity contribution in [3.63, 3.8) is 0 Å². The van der Waals surface area contributed by atoms with Gasteiger partial charge in [-0.05, 0) is 41.8 Å². The lowest BCUT2D eigenvalue weighted by Crippen LogP contribution is -2.33. The van der Waals surface area contributed by atoms with Gasteiger partial charge in [0.2, 0.25) is 6.79 Å². The Balaban J connectivity index is 1.53. The predicted octanol–water partition coefficient (Wildman–Crippen LogP) is 0.628. The Labute approximate surface area is 176 Å². The molecule has 4 aliphatic heterocycles. The smallest absolute Gasteiger partial charge is 0.309 e. The van der Waals surface area contributed by atoms with Gasteiger partial charge in [0.15, 0.2) is 0 Å². The average Bonchev–Trinajstić information content (AvgIpc) is 3.06. The van der Waals surface area contributed by atoms with Gasteiger partial charge < -0.3 is 29.2 Å². The van der Waals surface area contributed by atoms with Gasteiger partial charge in [-0.25, -0.2) is 0 Å². The number of fused-ring (bicyclic) bond motifs is 5. The zero-order chi connectivity index (χ0) is 21.3. The molecular weight excluding hydrogens is 400 g/mol. The molecule has 1 atom stereocenters. The number of nitrogens with zero attached hydrogens (tertiary/aromatic N) is 1. The number of rotatable bonds is 1. The van der Waals surface area contributed by atoms with E-state index in [0.717, 1.165) is 33.1 Å². The van der Waals surface area contributed by atoms with E-state index in [4.69, 9.17) is 14.2 Å². The lowest BCUT2D eigenvalue weighted by Gasteiger charge is -2.26. The van der Waals surface area contributed by atoms with E-state index in [1.165, 1.54) is 0 Å². The minimum absolute atomic E-state index is 0.127. The van der Waals surface area contributed by atoms with E-state index in [2.05, 4.69) is 5.32 Å². The zero-order valence-corrected chi connectivity index (χ0v) is 16.9. The van der Waals surface area contributed by atoms with Gasteiger partial charge in [-0.1, -0.05) is 6.92 Å². The van der Waals surface area contributed by atoms with Crippen molar-refractivity contribution in [1.82, 2.24) is 4.57 Å². The molecule has 0 bridgehead atoms. The summed E-state index contributed by atoms with van der Waals surface area (Å²) in [4.78, 5) is 25.4. The van der Waals surface area contributed by atoms with Crippen molar-refractivity contribution in [2.24, 2.45) is 0 Å². The molecule has 0 amide bonds. The Hall–Kier alpha value is -3.52. The van der Waals surface area contributed by atoms with E-state index in [9.17, 15) is 14.7 Å². The summed E-state index contributed by atoms with van der Waals surface area (Å²) in [5.74, 6) is 0.245. The average molecular weight is 420 g/mol. The van der Waals surface area contributed by atoms with Crippen molar-refractivity contribution >= 4 is 29.7 Å². The number of pyridine rings is 1. The van der Waals surface area contributed by atoms with Gasteiger partial charge in [0.1, 0.15) is 18.0 Å². The molecule has 0 aliphatic carbocycles. The molecular formula is C23H20N2O6. The number of nitrogens with one attached hydrogen (secondary N) is 1. The second-order valence-corrected chi connectivity index (χ2v) is 8.23. The number of ether oxygens (including phenoxy) is 3. The van der Waals surface area contributed by atoms with Gasteiger partial charge in [0, 0.05) is 10.9 Å². The molecule has 4 aliphatic rings. The number of hydrogen-bond acceptors (Lipinski definition) is 7. The minimum Gasteiger partial charge on any atom is -0.464 e. The Bertz CT molecular complexity index is 1390. The largest absolute Gasteiger partial charge is 0.464 e. The molecule has 0 radical (unpaired) electrons. The summed E-state index contributed by atoms with van der Waals surface area (Å²) in [6.07, 6.45) is 3.84. The summed E-state index contributed by atoms with van der Waals surface area (Å²) in [6.45, 7) is 2.25.